The molecule has 2 heteroatoms. The zero-order valence-corrected chi connectivity index (χ0v) is 31.4. The Labute approximate surface area is 324 Å². The molecule has 4 aromatic carbocycles. The highest BCUT2D eigenvalue weighted by molar-refractivity contribution is 5.99. The summed E-state index contributed by atoms with van der Waals surface area (Å²) in [5, 5.41) is 1.16. The van der Waals surface area contributed by atoms with E-state index < -0.39 is 5.41 Å². The van der Waals surface area contributed by atoms with E-state index in [4.69, 9.17) is 4.42 Å². The van der Waals surface area contributed by atoms with Gasteiger partial charge in [-0.2, -0.15) is 0 Å². The minimum absolute atomic E-state index is 0.435. The van der Waals surface area contributed by atoms with Gasteiger partial charge in [0.2, 0.25) is 0 Å². The highest BCUT2D eigenvalue weighted by Crippen LogP contribution is 2.59. The molecule has 4 aliphatic rings. The van der Waals surface area contributed by atoms with Crippen molar-refractivity contribution in [2.24, 2.45) is 0 Å². The van der Waals surface area contributed by atoms with Crippen LogP contribution in [0.4, 0.5) is 5.69 Å². The Bertz CT molecular complexity index is 2630. The molecule has 268 valence electrons. The van der Waals surface area contributed by atoms with Crippen molar-refractivity contribution < 1.29 is 4.42 Å². The molecule has 1 aromatic heterocycles. The molecule has 0 fully saturated rings. The predicted octanol–water partition coefficient (Wildman–Crippen LogP) is 12.0. The Morgan fingerprint density at radius 1 is 0.800 bits per heavy atom. The normalized spacial score (nSPS) is 18.7. The monoisotopic (exact) mass is 711 g/mol. The second-order valence-electron chi connectivity index (χ2n) is 14.5. The number of nitrogens with zero attached hydrogens (tertiary/aromatic N) is 1. The van der Waals surface area contributed by atoms with Crippen LogP contribution in [0, 0.1) is 0 Å². The molecule has 55 heavy (non-hydrogen) atoms. The molecule has 0 N–H and O–H groups in total. The van der Waals surface area contributed by atoms with Gasteiger partial charge in [-0.05, 0) is 101 Å². The first-order valence-electron chi connectivity index (χ1n) is 19.6. The van der Waals surface area contributed by atoms with Crippen LogP contribution in [0.25, 0.3) is 40.5 Å². The Balaban J connectivity index is 1.28. The SMILES string of the molecule is C=C/C=C(\C1=CC2(C3=C(C=CCC/C=C\3)c3ccccc32)c2ccccc21)N(Cc1c(/C=C\CC)oc2c1=CCC=CC=2)c1ccc(-c2ccccc2)cc1. The van der Waals surface area contributed by atoms with Crippen LogP contribution in [0.3, 0.4) is 0 Å². The van der Waals surface area contributed by atoms with Crippen LogP contribution in [-0.2, 0) is 12.0 Å². The zero-order chi connectivity index (χ0) is 37.2. The Morgan fingerprint density at radius 2 is 1.51 bits per heavy atom. The molecular formula is C53H45NO. The first-order chi connectivity index (χ1) is 27.2. The Morgan fingerprint density at radius 3 is 2.29 bits per heavy atom. The molecule has 0 amide bonds. The molecule has 1 spiro atoms. The van der Waals surface area contributed by atoms with E-state index in [1.165, 1.54) is 55.7 Å². The van der Waals surface area contributed by atoms with Crippen LogP contribution >= 0.6 is 0 Å². The number of benzene rings is 4. The van der Waals surface area contributed by atoms with Gasteiger partial charge in [-0.15, -0.1) is 0 Å². The van der Waals surface area contributed by atoms with Crippen LogP contribution < -0.4 is 15.5 Å². The number of allylic oxidation sites excluding steroid dienone is 13. The fourth-order valence-electron chi connectivity index (χ4n) is 8.83. The first-order valence-corrected chi connectivity index (χ1v) is 19.6. The van der Waals surface area contributed by atoms with Crippen molar-refractivity contribution in [3.63, 3.8) is 0 Å². The van der Waals surface area contributed by atoms with Gasteiger partial charge in [0.25, 0.3) is 0 Å². The number of rotatable bonds is 9. The molecule has 1 heterocycles. The van der Waals surface area contributed by atoms with E-state index >= 15 is 0 Å². The topological polar surface area (TPSA) is 16.4 Å². The third kappa shape index (κ3) is 5.99. The maximum atomic E-state index is 6.63. The fraction of sp³-hybridized carbons (Fsp3) is 0.132. The minimum atomic E-state index is -0.435. The van der Waals surface area contributed by atoms with Gasteiger partial charge in [0.1, 0.15) is 11.2 Å². The Kier molecular flexibility index (Phi) is 9.26. The van der Waals surface area contributed by atoms with E-state index in [2.05, 4.69) is 194 Å². The van der Waals surface area contributed by atoms with Gasteiger partial charge in [0.15, 0.2) is 0 Å². The lowest BCUT2D eigenvalue weighted by molar-refractivity contribution is 0.519. The third-order valence-electron chi connectivity index (χ3n) is 11.3. The van der Waals surface area contributed by atoms with Crippen LogP contribution in [0.2, 0.25) is 0 Å². The van der Waals surface area contributed by atoms with E-state index in [9.17, 15) is 0 Å². The van der Waals surface area contributed by atoms with Gasteiger partial charge < -0.3 is 9.32 Å². The molecule has 2 nitrogen and oxygen atoms in total. The summed E-state index contributed by atoms with van der Waals surface area (Å²) in [5.41, 5.74) is 15.3. The molecule has 4 aliphatic carbocycles. The van der Waals surface area contributed by atoms with Crippen LogP contribution in [0.15, 0.2) is 186 Å². The van der Waals surface area contributed by atoms with Crippen molar-refractivity contribution in [1.82, 2.24) is 0 Å². The van der Waals surface area contributed by atoms with E-state index in [1.54, 1.807) is 0 Å². The molecule has 9 rings (SSSR count). The predicted molar refractivity (Wildman–Crippen MR) is 232 cm³/mol. The highest BCUT2D eigenvalue weighted by atomic mass is 16.3. The number of fused-ring (bicyclic) bond motifs is 7. The molecule has 1 atom stereocenters. The van der Waals surface area contributed by atoms with Gasteiger partial charge in [-0.25, -0.2) is 0 Å². The molecule has 5 aromatic rings. The summed E-state index contributed by atoms with van der Waals surface area (Å²) in [6.45, 7) is 7.07. The van der Waals surface area contributed by atoms with E-state index in [0.29, 0.717) is 6.54 Å². The van der Waals surface area contributed by atoms with Crippen molar-refractivity contribution in [2.45, 2.75) is 44.6 Å². The van der Waals surface area contributed by atoms with Crippen molar-refractivity contribution in [2.75, 3.05) is 4.90 Å². The maximum absolute atomic E-state index is 6.63. The maximum Gasteiger partial charge on any atom is 0.134 e. The average Bonchev–Trinajstić information content (AvgIpc) is 3.74. The molecular weight excluding hydrogens is 667 g/mol. The number of hydrogen-bond donors (Lipinski definition) is 0. The largest absolute Gasteiger partial charge is 0.456 e. The van der Waals surface area contributed by atoms with Crippen molar-refractivity contribution in [3.05, 3.63) is 226 Å². The van der Waals surface area contributed by atoms with Crippen LogP contribution in [0.1, 0.15) is 66.2 Å². The molecule has 0 bridgehead atoms. The molecule has 0 radical (unpaired) electrons. The summed E-state index contributed by atoms with van der Waals surface area (Å²) in [5.74, 6) is 0.904. The lowest BCUT2D eigenvalue weighted by Gasteiger charge is -2.29. The number of furan rings is 1. The lowest BCUT2D eigenvalue weighted by Crippen LogP contribution is -2.29. The van der Waals surface area contributed by atoms with Gasteiger partial charge in [-0.1, -0.05) is 165 Å². The van der Waals surface area contributed by atoms with Crippen LogP contribution in [0.5, 0.6) is 0 Å². The Hall–Kier alpha value is -6.38. The third-order valence-corrected chi connectivity index (χ3v) is 11.3. The van der Waals surface area contributed by atoms with E-state index in [-0.39, 0.29) is 0 Å². The summed E-state index contributed by atoms with van der Waals surface area (Å²) in [6, 6.07) is 37.7. The summed E-state index contributed by atoms with van der Waals surface area (Å²) in [7, 11) is 0. The van der Waals surface area contributed by atoms with E-state index in [1.807, 2.05) is 6.08 Å². The van der Waals surface area contributed by atoms with Gasteiger partial charge in [0.05, 0.1) is 12.0 Å². The molecule has 1 unspecified atom stereocenters. The second kappa shape index (κ2) is 14.8. The van der Waals surface area contributed by atoms with Crippen molar-refractivity contribution in [3.8, 4) is 11.1 Å². The first kappa shape index (κ1) is 34.4. The quantitative estimate of drug-likeness (QED) is 0.142. The van der Waals surface area contributed by atoms with Gasteiger partial charge >= 0.3 is 0 Å². The zero-order valence-electron chi connectivity index (χ0n) is 31.4. The number of hydrogen-bond acceptors (Lipinski definition) is 2. The highest BCUT2D eigenvalue weighted by Gasteiger charge is 2.48. The lowest BCUT2D eigenvalue weighted by atomic mass is 9.73. The summed E-state index contributed by atoms with van der Waals surface area (Å²) < 4.78 is 6.63. The standard InChI is InChI=1S/C53H45NO/c1-3-5-30-52-46(44-26-13-9-15-31-51(44)55-52)37-54(40-34-32-39(33-35-40)38-21-10-8-11-22-38)50(20-4-2)45-36-53(49-29-19-17-25-43(45)49)47-27-14-7-6-12-23-41(47)42-24-16-18-28-48(42)53/h4-5,8-12,14-36H,2-3,6-7,13,37H2,1H3/b23-12?,27-14-,30-5-,50-20+. The second-order valence-corrected chi connectivity index (χ2v) is 14.5. The van der Waals surface area contributed by atoms with Gasteiger partial charge in [0, 0.05) is 27.7 Å². The van der Waals surface area contributed by atoms with Crippen molar-refractivity contribution >= 4 is 35.1 Å². The number of anilines is 1. The molecule has 0 aliphatic heterocycles. The molecule has 0 saturated heterocycles. The fourth-order valence-corrected chi connectivity index (χ4v) is 8.83. The summed E-state index contributed by atoms with van der Waals surface area (Å²) in [6.07, 6.45) is 33.1. The van der Waals surface area contributed by atoms with Gasteiger partial charge in [-0.3, -0.25) is 0 Å². The minimum Gasteiger partial charge on any atom is -0.456 e. The molecule has 0 saturated carbocycles. The van der Waals surface area contributed by atoms with E-state index in [0.717, 1.165) is 53.5 Å². The smallest absolute Gasteiger partial charge is 0.134 e. The summed E-state index contributed by atoms with van der Waals surface area (Å²) >= 11 is 0. The summed E-state index contributed by atoms with van der Waals surface area (Å²) in [4.78, 5) is 2.47. The van der Waals surface area contributed by atoms with Crippen molar-refractivity contribution in [1.29, 1.82) is 0 Å². The average molecular weight is 712 g/mol. The van der Waals surface area contributed by atoms with Crippen LogP contribution in [-0.4, -0.2) is 0 Å².